The zero-order valence-corrected chi connectivity index (χ0v) is 17.4. The fourth-order valence-corrected chi connectivity index (χ4v) is 4.39. The SMILES string of the molecule is C1=CC(/N=C/c2ccc3ccc4c(/C=N/c5ccncc5)ccc5ccc2c3c54)CC=N1. The van der Waals surface area contributed by atoms with Crippen LogP contribution in [0, 0.1) is 0 Å². The molecule has 1 atom stereocenters. The number of aromatic nitrogens is 1. The van der Waals surface area contributed by atoms with Gasteiger partial charge in [-0.3, -0.25) is 20.0 Å². The van der Waals surface area contributed by atoms with E-state index in [0.29, 0.717) is 0 Å². The van der Waals surface area contributed by atoms with Gasteiger partial charge in [0, 0.05) is 54.8 Å². The average Bonchev–Trinajstić information content (AvgIpc) is 2.86. The van der Waals surface area contributed by atoms with E-state index in [4.69, 9.17) is 4.99 Å². The molecule has 152 valence electrons. The van der Waals surface area contributed by atoms with Crippen LogP contribution in [0.25, 0.3) is 32.3 Å². The van der Waals surface area contributed by atoms with E-state index in [9.17, 15) is 0 Å². The van der Waals surface area contributed by atoms with Crippen molar-refractivity contribution < 1.29 is 0 Å². The molecule has 1 aliphatic rings. The van der Waals surface area contributed by atoms with Crippen LogP contribution in [0.2, 0.25) is 0 Å². The van der Waals surface area contributed by atoms with Gasteiger partial charge in [-0.15, -0.1) is 0 Å². The molecule has 4 heteroatoms. The van der Waals surface area contributed by atoms with Crippen LogP contribution < -0.4 is 0 Å². The quantitative estimate of drug-likeness (QED) is 0.245. The summed E-state index contributed by atoms with van der Waals surface area (Å²) in [5, 5.41) is 7.46. The lowest BCUT2D eigenvalue weighted by Gasteiger charge is -2.14. The molecule has 0 saturated heterocycles. The van der Waals surface area contributed by atoms with Gasteiger partial charge >= 0.3 is 0 Å². The molecule has 1 aliphatic heterocycles. The van der Waals surface area contributed by atoms with Gasteiger partial charge in [0.25, 0.3) is 0 Å². The summed E-state index contributed by atoms with van der Waals surface area (Å²) in [6.07, 6.45) is 14.1. The summed E-state index contributed by atoms with van der Waals surface area (Å²) < 4.78 is 0. The molecule has 0 radical (unpaired) electrons. The zero-order chi connectivity index (χ0) is 21.3. The number of hydrogen-bond acceptors (Lipinski definition) is 4. The minimum atomic E-state index is 0.155. The molecule has 0 fully saturated rings. The molecule has 4 aromatic carbocycles. The Morgan fingerprint density at radius 1 is 0.750 bits per heavy atom. The first-order valence-electron chi connectivity index (χ1n) is 10.7. The van der Waals surface area contributed by atoms with Gasteiger partial charge in [0.1, 0.15) is 0 Å². The molecule has 6 rings (SSSR count). The molecule has 1 aromatic heterocycles. The lowest BCUT2D eigenvalue weighted by atomic mass is 9.90. The Bertz CT molecular complexity index is 1540. The predicted octanol–water partition coefficient (Wildman–Crippen LogP) is 6.51. The summed E-state index contributed by atoms with van der Waals surface area (Å²) >= 11 is 0. The Labute approximate surface area is 185 Å². The number of hydrogen-bond donors (Lipinski definition) is 0. The van der Waals surface area contributed by atoms with Crippen molar-refractivity contribution in [1.82, 2.24) is 4.98 Å². The smallest absolute Gasteiger partial charge is 0.0747 e. The molecule has 0 spiro atoms. The minimum Gasteiger partial charge on any atom is -0.285 e. The summed E-state index contributed by atoms with van der Waals surface area (Å²) in [4.78, 5) is 17.6. The highest BCUT2D eigenvalue weighted by Crippen LogP contribution is 2.37. The minimum absolute atomic E-state index is 0.155. The van der Waals surface area contributed by atoms with Gasteiger partial charge in [-0.05, 0) is 50.5 Å². The van der Waals surface area contributed by atoms with Crippen molar-refractivity contribution >= 4 is 56.6 Å². The monoisotopic (exact) mass is 412 g/mol. The van der Waals surface area contributed by atoms with E-state index in [1.165, 1.54) is 32.3 Å². The van der Waals surface area contributed by atoms with Gasteiger partial charge in [-0.25, -0.2) is 0 Å². The molecule has 0 aliphatic carbocycles. The van der Waals surface area contributed by atoms with E-state index < -0.39 is 0 Å². The van der Waals surface area contributed by atoms with Crippen molar-refractivity contribution in [3.05, 3.63) is 96.5 Å². The van der Waals surface area contributed by atoms with Crippen LogP contribution >= 0.6 is 0 Å². The lowest BCUT2D eigenvalue weighted by molar-refractivity contribution is 0.862. The summed E-state index contributed by atoms with van der Waals surface area (Å²) in [5.74, 6) is 0. The summed E-state index contributed by atoms with van der Waals surface area (Å²) in [6.45, 7) is 0. The maximum atomic E-state index is 4.79. The molecule has 5 aromatic rings. The molecule has 0 N–H and O–H groups in total. The van der Waals surface area contributed by atoms with Gasteiger partial charge < -0.3 is 0 Å². The van der Waals surface area contributed by atoms with Gasteiger partial charge in [0.05, 0.1) is 11.7 Å². The number of nitrogens with zero attached hydrogens (tertiary/aromatic N) is 4. The summed E-state index contributed by atoms with van der Waals surface area (Å²) in [5.41, 5.74) is 3.14. The van der Waals surface area contributed by atoms with Crippen molar-refractivity contribution in [2.75, 3.05) is 0 Å². The van der Waals surface area contributed by atoms with E-state index in [1.54, 1.807) is 12.4 Å². The van der Waals surface area contributed by atoms with Crippen molar-refractivity contribution in [1.29, 1.82) is 0 Å². The largest absolute Gasteiger partial charge is 0.285 e. The van der Waals surface area contributed by atoms with E-state index in [0.717, 1.165) is 23.2 Å². The Kier molecular flexibility index (Phi) is 4.54. The molecule has 0 bridgehead atoms. The third kappa shape index (κ3) is 3.26. The second-order valence-corrected chi connectivity index (χ2v) is 7.95. The highest BCUT2D eigenvalue weighted by Gasteiger charge is 2.12. The van der Waals surface area contributed by atoms with Crippen LogP contribution in [0.3, 0.4) is 0 Å². The average molecular weight is 412 g/mol. The third-order valence-electron chi connectivity index (χ3n) is 6.00. The molecular weight excluding hydrogens is 392 g/mol. The molecule has 2 heterocycles. The second-order valence-electron chi connectivity index (χ2n) is 7.95. The van der Waals surface area contributed by atoms with Gasteiger partial charge in [0.2, 0.25) is 0 Å². The fourth-order valence-electron chi connectivity index (χ4n) is 4.39. The Hall–Kier alpha value is -4.18. The van der Waals surface area contributed by atoms with E-state index in [-0.39, 0.29) is 6.04 Å². The highest BCUT2D eigenvalue weighted by molar-refractivity contribution is 6.27. The molecule has 1 unspecified atom stereocenters. The first-order chi connectivity index (χ1) is 15.9. The first kappa shape index (κ1) is 18.6. The van der Waals surface area contributed by atoms with Crippen molar-refractivity contribution in [2.45, 2.75) is 12.5 Å². The highest BCUT2D eigenvalue weighted by atomic mass is 14.8. The second kappa shape index (κ2) is 7.82. The third-order valence-corrected chi connectivity index (χ3v) is 6.00. The van der Waals surface area contributed by atoms with E-state index >= 15 is 0 Å². The first-order valence-corrected chi connectivity index (χ1v) is 10.7. The lowest BCUT2D eigenvalue weighted by Crippen LogP contribution is -2.04. The molecule has 32 heavy (non-hydrogen) atoms. The van der Waals surface area contributed by atoms with Crippen molar-refractivity contribution in [3.8, 4) is 0 Å². The van der Waals surface area contributed by atoms with Crippen LogP contribution in [0.1, 0.15) is 17.5 Å². The van der Waals surface area contributed by atoms with Gasteiger partial charge in [-0.2, -0.15) is 0 Å². The van der Waals surface area contributed by atoms with E-state index in [1.807, 2.05) is 43.1 Å². The number of benzene rings is 4. The zero-order valence-electron chi connectivity index (χ0n) is 17.4. The Morgan fingerprint density at radius 2 is 1.41 bits per heavy atom. The Morgan fingerprint density at radius 3 is 2.06 bits per heavy atom. The van der Waals surface area contributed by atoms with Crippen LogP contribution in [-0.2, 0) is 0 Å². The van der Waals surface area contributed by atoms with Gasteiger partial charge in [0.15, 0.2) is 0 Å². The molecule has 0 saturated carbocycles. The number of rotatable bonds is 4. The standard InChI is InChI=1S/C28H20N4/c1-3-21(17-31-23-9-13-29-14-10-23)25-8-6-20-2-4-22(18-32-24-11-15-30-16-12-24)26-7-5-19(1)27(25)28(20)26/h1-11,13-18,24H,12H2/b31-17+,32-18+. The maximum Gasteiger partial charge on any atom is 0.0747 e. The van der Waals surface area contributed by atoms with Crippen LogP contribution in [-0.4, -0.2) is 29.7 Å². The normalized spacial score (nSPS) is 16.4. The maximum absolute atomic E-state index is 4.79. The van der Waals surface area contributed by atoms with Crippen molar-refractivity contribution in [3.63, 3.8) is 0 Å². The van der Waals surface area contributed by atoms with Crippen LogP contribution in [0.5, 0.6) is 0 Å². The number of aliphatic imine (C=N–C) groups is 3. The van der Waals surface area contributed by atoms with Gasteiger partial charge in [-0.1, -0.05) is 48.5 Å². The van der Waals surface area contributed by atoms with Crippen LogP contribution in [0.15, 0.2) is 100 Å². The molecule has 0 amide bonds. The Balaban J connectivity index is 1.50. The van der Waals surface area contributed by atoms with Crippen LogP contribution in [0.4, 0.5) is 5.69 Å². The fraction of sp³-hybridized carbons (Fsp3) is 0.0714. The summed E-state index contributed by atoms with van der Waals surface area (Å²) in [7, 11) is 0. The van der Waals surface area contributed by atoms with Crippen molar-refractivity contribution in [2.24, 2.45) is 15.0 Å². The molecule has 4 nitrogen and oxygen atoms in total. The number of pyridine rings is 1. The summed E-state index contributed by atoms with van der Waals surface area (Å²) in [6, 6.07) is 21.5. The van der Waals surface area contributed by atoms with E-state index in [2.05, 4.69) is 63.5 Å². The predicted molar refractivity (Wildman–Crippen MR) is 135 cm³/mol. The topological polar surface area (TPSA) is 50.0 Å². The molecular formula is C28H20N4.